The number of aromatic amines is 1. The maximum Gasteiger partial charge on any atom is 0.258 e. The van der Waals surface area contributed by atoms with Gasteiger partial charge in [-0.15, -0.1) is 0 Å². The maximum atomic E-state index is 12.7. The summed E-state index contributed by atoms with van der Waals surface area (Å²) in [7, 11) is 2.88. The van der Waals surface area contributed by atoms with Gasteiger partial charge in [-0.05, 0) is 44.7 Å². The topological polar surface area (TPSA) is 72.5 Å². The molecule has 0 spiro atoms. The van der Waals surface area contributed by atoms with Gasteiger partial charge in [0.2, 0.25) is 0 Å². The van der Waals surface area contributed by atoms with Gasteiger partial charge in [0.1, 0.15) is 5.65 Å². The second-order valence-corrected chi connectivity index (χ2v) is 9.25. The maximum absolute atomic E-state index is 12.7. The first-order valence-electron chi connectivity index (χ1n) is 9.48. The van der Waals surface area contributed by atoms with Crippen molar-refractivity contribution in [3.63, 3.8) is 0 Å². The molecule has 0 radical (unpaired) electrons. The van der Waals surface area contributed by atoms with Gasteiger partial charge in [0.15, 0.2) is 0 Å². The van der Waals surface area contributed by atoms with Crippen LogP contribution >= 0.6 is 0 Å². The fourth-order valence-electron chi connectivity index (χ4n) is 4.43. The van der Waals surface area contributed by atoms with Crippen molar-refractivity contribution in [1.29, 1.82) is 0 Å². The summed E-state index contributed by atoms with van der Waals surface area (Å²) in [6.45, 7) is 1.50. The van der Waals surface area contributed by atoms with Gasteiger partial charge in [-0.2, -0.15) is 0 Å². The van der Waals surface area contributed by atoms with E-state index < -0.39 is 11.0 Å². The number of amides is 1. The first-order chi connectivity index (χ1) is 13.0. The minimum atomic E-state index is -0.906. The highest BCUT2D eigenvalue weighted by molar-refractivity contribution is 7.81. The molecule has 2 aromatic heterocycles. The van der Waals surface area contributed by atoms with Crippen LogP contribution in [0.1, 0.15) is 36.0 Å². The molecule has 1 fully saturated rings. The van der Waals surface area contributed by atoms with Gasteiger partial charge in [-0.25, -0.2) is 13.5 Å². The van der Waals surface area contributed by atoms with Crippen LogP contribution in [0.3, 0.4) is 0 Å². The van der Waals surface area contributed by atoms with Gasteiger partial charge >= 0.3 is 0 Å². The number of nitrogens with one attached hydrogen (secondary N) is 1. The largest absolute Gasteiger partial charge is 0.349 e. The number of carbonyl (C=O) groups excluding carboxylic acids is 1. The lowest BCUT2D eigenvalue weighted by molar-refractivity contribution is 0.0774. The molecule has 0 aromatic carbocycles. The molecule has 1 aliphatic heterocycles. The molecule has 1 unspecified atom stereocenters. The zero-order chi connectivity index (χ0) is 19.1. The highest BCUT2D eigenvalue weighted by Gasteiger charge is 2.35. The third-order valence-corrected chi connectivity index (χ3v) is 7.03. The predicted molar refractivity (Wildman–Crippen MR) is 108 cm³/mol. The van der Waals surface area contributed by atoms with Gasteiger partial charge in [0.05, 0.1) is 28.9 Å². The molecule has 7 nitrogen and oxygen atoms in total. The van der Waals surface area contributed by atoms with Crippen LogP contribution in [-0.2, 0) is 11.0 Å². The number of hydrogen-bond acceptors (Lipinski definition) is 4. The van der Waals surface area contributed by atoms with E-state index in [1.807, 2.05) is 30.7 Å². The molecule has 2 aromatic rings. The molecule has 8 heteroatoms. The van der Waals surface area contributed by atoms with Crippen LogP contribution in [-0.4, -0.2) is 68.9 Å². The minimum Gasteiger partial charge on any atom is -0.349 e. The smallest absolute Gasteiger partial charge is 0.258 e. The summed E-state index contributed by atoms with van der Waals surface area (Å²) in [6, 6.07) is 2.43. The van der Waals surface area contributed by atoms with Crippen molar-refractivity contribution >= 4 is 33.6 Å². The van der Waals surface area contributed by atoms with Crippen molar-refractivity contribution in [2.24, 2.45) is 5.92 Å². The SMILES string of the molecule is CN1CN(C2CCC(CN(C)S(C)=O)CC2)c2c(cnc3[nH]ccc23)C1=O. The van der Waals surface area contributed by atoms with Crippen LogP contribution in [0.4, 0.5) is 5.69 Å². The minimum absolute atomic E-state index is 0.0394. The van der Waals surface area contributed by atoms with Crippen molar-refractivity contribution < 1.29 is 9.00 Å². The van der Waals surface area contributed by atoms with Gasteiger partial charge in [-0.3, -0.25) is 4.79 Å². The Kier molecular flexibility index (Phi) is 4.94. The van der Waals surface area contributed by atoms with Crippen LogP contribution in [0, 0.1) is 5.92 Å². The van der Waals surface area contributed by atoms with Crippen LogP contribution in [0.25, 0.3) is 11.0 Å². The average Bonchev–Trinajstić information content (AvgIpc) is 3.14. The van der Waals surface area contributed by atoms with Crippen LogP contribution < -0.4 is 4.90 Å². The summed E-state index contributed by atoms with van der Waals surface area (Å²) in [5.74, 6) is 0.626. The number of rotatable bonds is 4. The molecule has 27 heavy (non-hydrogen) atoms. The van der Waals surface area contributed by atoms with E-state index in [-0.39, 0.29) is 5.91 Å². The van der Waals surface area contributed by atoms with Crippen molar-refractivity contribution in [2.45, 2.75) is 31.7 Å². The fourth-order valence-corrected chi connectivity index (χ4v) is 4.86. The van der Waals surface area contributed by atoms with E-state index >= 15 is 0 Å². The molecule has 1 atom stereocenters. The highest BCUT2D eigenvalue weighted by atomic mass is 32.2. The third-order valence-electron chi connectivity index (χ3n) is 6.00. The zero-order valence-corrected chi connectivity index (χ0v) is 17.0. The molecule has 3 heterocycles. The Morgan fingerprint density at radius 1 is 1.33 bits per heavy atom. The summed E-state index contributed by atoms with van der Waals surface area (Å²) in [6.07, 6.45) is 9.75. The molecule has 1 amide bonds. The lowest BCUT2D eigenvalue weighted by Crippen LogP contribution is -2.50. The van der Waals surface area contributed by atoms with E-state index in [2.05, 4.69) is 14.9 Å². The number of H-pyrrole nitrogens is 1. The number of carbonyl (C=O) groups is 1. The van der Waals surface area contributed by atoms with E-state index in [9.17, 15) is 9.00 Å². The first kappa shape index (κ1) is 18.4. The van der Waals surface area contributed by atoms with Gasteiger partial charge in [0, 0.05) is 43.7 Å². The predicted octanol–water partition coefficient (Wildman–Crippen LogP) is 2.20. The number of aromatic nitrogens is 2. The summed E-state index contributed by atoms with van der Waals surface area (Å²) in [4.78, 5) is 24.4. The average molecular weight is 390 g/mol. The van der Waals surface area contributed by atoms with E-state index in [1.54, 1.807) is 17.4 Å². The van der Waals surface area contributed by atoms with Crippen molar-refractivity contribution in [3.8, 4) is 0 Å². The summed E-state index contributed by atoms with van der Waals surface area (Å²) < 4.78 is 13.5. The quantitative estimate of drug-likeness (QED) is 0.870. The number of fused-ring (bicyclic) bond motifs is 3. The molecule has 0 saturated heterocycles. The molecule has 4 rings (SSSR count). The summed E-state index contributed by atoms with van der Waals surface area (Å²) in [5.41, 5.74) is 2.55. The Balaban J connectivity index is 1.57. The normalized spacial score (nSPS) is 24.5. The lowest BCUT2D eigenvalue weighted by atomic mass is 9.84. The number of pyridine rings is 1. The third kappa shape index (κ3) is 3.36. The molecule has 2 aliphatic rings. The highest BCUT2D eigenvalue weighted by Crippen LogP contribution is 2.38. The van der Waals surface area contributed by atoms with Gasteiger partial charge in [0.25, 0.3) is 5.91 Å². The Morgan fingerprint density at radius 2 is 2.07 bits per heavy atom. The second-order valence-electron chi connectivity index (χ2n) is 7.78. The van der Waals surface area contributed by atoms with Crippen molar-refractivity contribution in [3.05, 3.63) is 24.0 Å². The molecule has 1 N–H and O–H groups in total. The Hall–Kier alpha value is -1.93. The Bertz CT molecular complexity index is 874. The molecular formula is C19H27N5O2S. The molecular weight excluding hydrogens is 362 g/mol. The monoisotopic (exact) mass is 389 g/mol. The molecule has 146 valence electrons. The Morgan fingerprint density at radius 3 is 2.78 bits per heavy atom. The van der Waals surface area contributed by atoms with E-state index in [4.69, 9.17) is 0 Å². The van der Waals surface area contributed by atoms with E-state index in [0.717, 1.165) is 48.9 Å². The van der Waals surface area contributed by atoms with Crippen molar-refractivity contribution in [2.75, 3.05) is 38.5 Å². The number of anilines is 1. The van der Waals surface area contributed by atoms with Gasteiger partial charge in [-0.1, -0.05) is 0 Å². The van der Waals surface area contributed by atoms with E-state index in [1.165, 1.54) is 0 Å². The fraction of sp³-hybridized carbons (Fsp3) is 0.579. The molecule has 1 saturated carbocycles. The summed E-state index contributed by atoms with van der Waals surface area (Å²) >= 11 is 0. The van der Waals surface area contributed by atoms with Crippen LogP contribution in [0.15, 0.2) is 18.5 Å². The van der Waals surface area contributed by atoms with Gasteiger partial charge < -0.3 is 14.8 Å². The van der Waals surface area contributed by atoms with E-state index in [0.29, 0.717) is 24.2 Å². The number of hydrogen-bond donors (Lipinski definition) is 1. The molecule has 0 bridgehead atoms. The lowest BCUT2D eigenvalue weighted by Gasteiger charge is -2.44. The standard InChI is InChI=1S/C19H27N5O2S/c1-22-12-24(14-6-4-13(5-7-14)11-23(2)27(3)26)17-15-8-9-20-18(15)21-10-16(17)19(22)25/h8-10,13-14H,4-7,11-12H2,1-3H3,(H,20,21). The van der Waals surface area contributed by atoms with Crippen LogP contribution in [0.5, 0.6) is 0 Å². The van der Waals surface area contributed by atoms with Crippen LogP contribution in [0.2, 0.25) is 0 Å². The first-order valence-corrected chi connectivity index (χ1v) is 11.0. The zero-order valence-electron chi connectivity index (χ0n) is 16.1. The second kappa shape index (κ2) is 7.24. The Labute approximate surface area is 162 Å². The van der Waals surface area contributed by atoms with Crippen molar-refractivity contribution in [1.82, 2.24) is 19.2 Å². The molecule has 1 aliphatic carbocycles. The number of nitrogens with zero attached hydrogens (tertiary/aromatic N) is 4. The summed E-state index contributed by atoms with van der Waals surface area (Å²) in [5, 5.41) is 1.03.